The van der Waals surface area contributed by atoms with Crippen LogP contribution < -0.4 is 4.67 Å². The predicted octanol–water partition coefficient (Wildman–Crippen LogP) is 12.4. The first-order valence-electron chi connectivity index (χ1n) is 14.0. The van der Waals surface area contributed by atoms with E-state index in [1.165, 1.54) is 32.7 Å². The van der Waals surface area contributed by atoms with Gasteiger partial charge in [-0.2, -0.15) is 18.2 Å². The van der Waals surface area contributed by atoms with Gasteiger partial charge in [-0.25, -0.2) is 0 Å². The Morgan fingerprint density at radius 3 is 1.35 bits per heavy atom. The van der Waals surface area contributed by atoms with Crippen molar-refractivity contribution in [2.75, 3.05) is 4.67 Å². The van der Waals surface area contributed by atoms with Gasteiger partial charge in [0.05, 0.1) is 7.14 Å². The minimum atomic E-state index is -1.58. The first kappa shape index (κ1) is 30.5. The molecule has 7 heteroatoms. The molecule has 7 rings (SSSR count). The molecule has 0 bridgehead atoms. The summed E-state index contributed by atoms with van der Waals surface area (Å²) in [5, 5.41) is 6.92. The summed E-state index contributed by atoms with van der Waals surface area (Å²) in [6, 6.07) is 43.1. The fourth-order valence-electron chi connectivity index (χ4n) is 5.92. The van der Waals surface area contributed by atoms with Crippen molar-refractivity contribution < 1.29 is 8.39 Å². The van der Waals surface area contributed by atoms with Crippen LogP contribution in [0.25, 0.3) is 43.5 Å². The van der Waals surface area contributed by atoms with Crippen molar-refractivity contribution in [3.8, 4) is 0 Å². The quantitative estimate of drug-likeness (QED) is 0.162. The highest BCUT2D eigenvalue weighted by atomic mass is 127. The van der Waals surface area contributed by atoms with Gasteiger partial charge in [-0.15, -0.1) is 0 Å². The van der Waals surface area contributed by atoms with Gasteiger partial charge >= 0.3 is 8.16 Å². The van der Waals surface area contributed by atoms with E-state index in [4.69, 9.17) is 8.39 Å². The van der Waals surface area contributed by atoms with Crippen LogP contribution in [0.5, 0.6) is 0 Å². The van der Waals surface area contributed by atoms with E-state index in [0.717, 1.165) is 29.1 Å². The zero-order valence-corrected chi connectivity index (χ0v) is 29.9. The molecule has 1 aromatic heterocycles. The molecule has 0 saturated heterocycles. The largest absolute Gasteiger partial charge is 0.407 e. The van der Waals surface area contributed by atoms with E-state index in [0.29, 0.717) is 0 Å². The van der Waals surface area contributed by atoms with Crippen LogP contribution in [0.1, 0.15) is 37.1 Å². The van der Waals surface area contributed by atoms with Crippen molar-refractivity contribution in [1.82, 2.24) is 0 Å². The minimum Gasteiger partial charge on any atom is -0.407 e. The zero-order valence-electron chi connectivity index (χ0n) is 23.7. The van der Waals surface area contributed by atoms with Gasteiger partial charge in [0.2, 0.25) is 0 Å². The maximum absolute atomic E-state index is 7.19. The van der Waals surface area contributed by atoms with Crippen molar-refractivity contribution in [3.05, 3.63) is 140 Å². The molecule has 0 amide bonds. The highest BCUT2D eigenvalue weighted by molar-refractivity contribution is 14.1. The Bertz CT molecular complexity index is 1970. The highest BCUT2D eigenvalue weighted by Gasteiger charge is 2.30. The second-order valence-electron chi connectivity index (χ2n) is 10.5. The lowest BCUT2D eigenvalue weighted by Gasteiger charge is -2.31. The van der Waals surface area contributed by atoms with E-state index < -0.39 is 8.16 Å². The summed E-state index contributed by atoms with van der Waals surface area (Å²) in [7, 11) is -1.58. The molecule has 216 valence electrons. The summed E-state index contributed by atoms with van der Waals surface area (Å²) in [6.07, 6.45) is 0. The van der Waals surface area contributed by atoms with Gasteiger partial charge in [-0.1, -0.05) is 109 Å². The molecule has 0 aliphatic rings. The lowest BCUT2D eigenvalue weighted by molar-refractivity contribution is 0.557. The molecule has 0 spiro atoms. The van der Waals surface area contributed by atoms with Crippen LogP contribution in [0.4, 0.5) is 0 Å². The van der Waals surface area contributed by atoms with Gasteiger partial charge in [0.15, 0.2) is 11.2 Å². The number of nitrogens with zero attached hydrogens (tertiary/aromatic N) is 1. The van der Waals surface area contributed by atoms with Crippen molar-refractivity contribution >= 4 is 110 Å². The van der Waals surface area contributed by atoms with Crippen molar-refractivity contribution in [2.24, 2.45) is 0 Å². The number of halogens is 2. The maximum Gasteiger partial charge on any atom is 0.310 e. The number of hydrogen-bond acceptors (Lipinski definition) is 3. The standard InChI is InChI=1S/C36H28I2NO2P.H2S/c1-23(25-13-5-3-6-14-25)39(24(2)26-15-7-4-8-16-26)42-40-35-31(37)21-27-17-9-11-19-29(27)33(35)34-30-20-12-10-18-28(30)22-32(38)36(34)41-42;/h3-24H,1-2H3;1H2/t23-,24-;/m0./s1. The van der Waals surface area contributed by atoms with Gasteiger partial charge in [0, 0.05) is 22.9 Å². The molecular formula is C36H30I2NO2PS. The van der Waals surface area contributed by atoms with Gasteiger partial charge in [-0.3, -0.25) is 0 Å². The second-order valence-corrected chi connectivity index (χ2v) is 14.2. The fraction of sp³-hybridized carbons (Fsp3) is 0.111. The van der Waals surface area contributed by atoms with E-state index in [9.17, 15) is 0 Å². The van der Waals surface area contributed by atoms with Crippen LogP contribution in [0.3, 0.4) is 0 Å². The van der Waals surface area contributed by atoms with E-state index in [1.54, 1.807) is 0 Å². The Balaban J connectivity index is 0.00000329. The lowest BCUT2D eigenvalue weighted by Crippen LogP contribution is -2.27. The SMILES string of the molecule is C[C@@H](c1ccccc1)N([C@@H](C)c1ccccc1)p1oc2c(I)cc3ccccc3c2c2c(o1)c(I)cc1ccccc12.S. The molecule has 0 N–H and O–H groups in total. The van der Waals surface area contributed by atoms with Crippen molar-refractivity contribution in [3.63, 3.8) is 0 Å². The number of rotatable bonds is 5. The Labute approximate surface area is 286 Å². The number of benzene rings is 6. The Hall–Kier alpha value is -2.49. The van der Waals surface area contributed by atoms with E-state index >= 15 is 0 Å². The number of hydrogen-bond donors (Lipinski definition) is 0. The Kier molecular flexibility index (Phi) is 9.13. The van der Waals surface area contributed by atoms with E-state index in [2.05, 4.69) is 185 Å². The summed E-state index contributed by atoms with van der Waals surface area (Å²) in [6.45, 7) is 4.51. The van der Waals surface area contributed by atoms with Crippen LogP contribution in [-0.2, 0) is 0 Å². The Morgan fingerprint density at radius 2 is 0.930 bits per heavy atom. The van der Waals surface area contributed by atoms with Gasteiger partial charge in [-0.05, 0) is 104 Å². The molecule has 6 aromatic carbocycles. The second kappa shape index (κ2) is 12.9. The molecule has 7 aromatic rings. The lowest BCUT2D eigenvalue weighted by atomic mass is 9.99. The third kappa shape index (κ3) is 5.61. The van der Waals surface area contributed by atoms with Crippen LogP contribution in [0.2, 0.25) is 0 Å². The van der Waals surface area contributed by atoms with Gasteiger partial charge < -0.3 is 8.39 Å². The normalized spacial score (nSPS) is 13.0. The summed E-state index contributed by atoms with van der Waals surface area (Å²) in [5.41, 5.74) is 4.22. The summed E-state index contributed by atoms with van der Waals surface area (Å²) >= 11 is 4.88. The van der Waals surface area contributed by atoms with E-state index in [-0.39, 0.29) is 25.6 Å². The molecule has 2 atom stereocenters. The average Bonchev–Trinajstić information content (AvgIpc) is 3.21. The van der Waals surface area contributed by atoms with Crippen LogP contribution in [-0.4, -0.2) is 0 Å². The molecule has 0 saturated carbocycles. The topological polar surface area (TPSA) is 29.5 Å². The molecule has 43 heavy (non-hydrogen) atoms. The molecule has 0 aliphatic heterocycles. The first-order valence-corrected chi connectivity index (χ1v) is 17.3. The third-order valence-corrected chi connectivity index (χ3v) is 11.4. The summed E-state index contributed by atoms with van der Waals surface area (Å²) < 4.78 is 19.0. The predicted molar refractivity (Wildman–Crippen MR) is 205 cm³/mol. The molecule has 3 nitrogen and oxygen atoms in total. The molecule has 0 unspecified atom stereocenters. The van der Waals surface area contributed by atoms with Crippen LogP contribution >= 0.6 is 66.8 Å². The maximum atomic E-state index is 7.19. The third-order valence-electron chi connectivity index (χ3n) is 8.05. The van der Waals surface area contributed by atoms with Gasteiger partial charge in [0.1, 0.15) is 0 Å². The summed E-state index contributed by atoms with van der Waals surface area (Å²) in [4.78, 5) is 0. The van der Waals surface area contributed by atoms with Crippen molar-refractivity contribution in [2.45, 2.75) is 25.9 Å². The molecule has 0 aliphatic carbocycles. The monoisotopic (exact) mass is 825 g/mol. The van der Waals surface area contributed by atoms with Crippen LogP contribution in [0.15, 0.2) is 130 Å². The highest BCUT2D eigenvalue weighted by Crippen LogP contribution is 2.49. The minimum absolute atomic E-state index is 0. The molecular weight excluding hydrogens is 795 g/mol. The Morgan fingerprint density at radius 1 is 0.558 bits per heavy atom. The smallest absolute Gasteiger partial charge is 0.310 e. The molecule has 0 radical (unpaired) electrons. The first-order chi connectivity index (χ1) is 20.5. The molecule has 0 fully saturated rings. The van der Waals surface area contributed by atoms with Crippen LogP contribution in [0, 0.1) is 7.14 Å². The average molecular weight is 825 g/mol. The van der Waals surface area contributed by atoms with Gasteiger partial charge in [0.25, 0.3) is 0 Å². The zero-order chi connectivity index (χ0) is 28.8. The molecule has 1 heterocycles. The van der Waals surface area contributed by atoms with Crippen molar-refractivity contribution in [1.29, 1.82) is 0 Å². The summed E-state index contributed by atoms with van der Waals surface area (Å²) in [5.74, 6) is 0. The van der Waals surface area contributed by atoms with E-state index in [1.807, 2.05) is 0 Å². The fourth-order valence-corrected chi connectivity index (χ4v) is 9.45. The number of fused-ring (bicyclic) bond motifs is 7.